The first-order chi connectivity index (χ1) is 24.0. The molecule has 7 heteroatoms. The van der Waals surface area contributed by atoms with Crippen LogP contribution in [-0.4, -0.2) is 59.3 Å². The summed E-state index contributed by atoms with van der Waals surface area (Å²) in [5.74, 6) is 1.86. The average molecular weight is 722 g/mol. The number of carbonyl (C=O) groups excluding carboxylic acids is 2. The molecule has 6 nitrogen and oxygen atoms in total. The lowest BCUT2D eigenvalue weighted by molar-refractivity contribution is -0.131. The van der Waals surface area contributed by atoms with E-state index in [0.29, 0.717) is 19.5 Å². The molecule has 2 amide bonds. The fourth-order valence-corrected chi connectivity index (χ4v) is 7.82. The molecule has 1 N–H and O–H groups in total. The summed E-state index contributed by atoms with van der Waals surface area (Å²) in [7, 11) is 0. The molecular weight excluding hydrogens is 672 g/mol. The maximum atomic E-state index is 13.7. The number of hydrogen-bond acceptors (Lipinski definition) is 4. The van der Waals surface area contributed by atoms with Gasteiger partial charge in [-0.25, -0.2) is 0 Å². The van der Waals surface area contributed by atoms with Gasteiger partial charge in [-0.1, -0.05) is 83.7 Å². The number of nitrogens with one attached hydrogen (secondary N) is 1. The number of likely N-dealkylation sites (tertiary alicyclic amines) is 1. The summed E-state index contributed by atoms with van der Waals surface area (Å²) in [4.78, 5) is 35.5. The van der Waals surface area contributed by atoms with Crippen LogP contribution in [0.25, 0.3) is 11.1 Å². The fourth-order valence-electron chi connectivity index (χ4n) is 7.40. The van der Waals surface area contributed by atoms with Crippen molar-refractivity contribution in [3.63, 3.8) is 0 Å². The van der Waals surface area contributed by atoms with Crippen LogP contribution in [0, 0.1) is 11.8 Å². The van der Waals surface area contributed by atoms with E-state index in [-0.39, 0.29) is 11.8 Å². The van der Waals surface area contributed by atoms with Crippen molar-refractivity contribution in [1.82, 2.24) is 20.1 Å². The van der Waals surface area contributed by atoms with Gasteiger partial charge in [-0.05, 0) is 121 Å². The Labute approximate surface area is 300 Å². The Morgan fingerprint density at radius 1 is 0.796 bits per heavy atom. The number of carbonyl (C=O) groups is 2. The summed E-state index contributed by atoms with van der Waals surface area (Å²) in [6.45, 7) is 5.17. The van der Waals surface area contributed by atoms with Crippen LogP contribution in [0.3, 0.4) is 0 Å². The van der Waals surface area contributed by atoms with Crippen molar-refractivity contribution in [1.29, 1.82) is 0 Å². The third-order valence-electron chi connectivity index (χ3n) is 10.4. The van der Waals surface area contributed by atoms with E-state index in [1.807, 2.05) is 59.5 Å². The molecular formula is C42H49BrN4O2. The normalized spacial score (nSPS) is 15.7. The number of hydrogen-bond donors (Lipinski definition) is 1. The molecule has 1 aromatic heterocycles. The van der Waals surface area contributed by atoms with Gasteiger partial charge >= 0.3 is 0 Å². The minimum atomic E-state index is 0.0875. The van der Waals surface area contributed by atoms with E-state index in [0.717, 1.165) is 82.0 Å². The minimum Gasteiger partial charge on any atom is -0.339 e. The van der Waals surface area contributed by atoms with Gasteiger partial charge in [0, 0.05) is 48.6 Å². The minimum absolute atomic E-state index is 0.0875. The zero-order valence-electron chi connectivity index (χ0n) is 28.5. The van der Waals surface area contributed by atoms with Gasteiger partial charge in [0.15, 0.2) is 0 Å². The van der Waals surface area contributed by atoms with E-state index in [1.165, 1.54) is 45.2 Å². The van der Waals surface area contributed by atoms with E-state index in [2.05, 4.69) is 61.5 Å². The summed E-state index contributed by atoms with van der Waals surface area (Å²) < 4.78 is 0.946. The highest BCUT2D eigenvalue weighted by atomic mass is 79.9. The third kappa shape index (κ3) is 10.1. The summed E-state index contributed by atoms with van der Waals surface area (Å²) in [6.07, 6.45) is 13.5. The van der Waals surface area contributed by atoms with Crippen LogP contribution in [0.5, 0.6) is 0 Å². The number of benzene rings is 3. The Hall–Kier alpha value is -3.81. The molecule has 256 valence electrons. The topological polar surface area (TPSA) is 65.5 Å². The first-order valence-corrected chi connectivity index (χ1v) is 18.9. The SMILES string of the molecule is O=C(Cc1ccccc1Br)N(CCc1ccncc1)Cc1cccc(-c2cccc(C(=O)N3CCC(CCCC4CCNCC4)CC3)c2)c1. The summed E-state index contributed by atoms with van der Waals surface area (Å²) in [5, 5.41) is 3.47. The summed E-state index contributed by atoms with van der Waals surface area (Å²) >= 11 is 3.61. The van der Waals surface area contributed by atoms with E-state index in [1.54, 1.807) is 12.4 Å². The van der Waals surface area contributed by atoms with Gasteiger partial charge in [0.05, 0.1) is 6.42 Å². The largest absolute Gasteiger partial charge is 0.339 e. The van der Waals surface area contributed by atoms with Crippen LogP contribution in [0.1, 0.15) is 72.0 Å². The van der Waals surface area contributed by atoms with Crippen molar-refractivity contribution in [2.75, 3.05) is 32.7 Å². The van der Waals surface area contributed by atoms with Gasteiger partial charge in [0.25, 0.3) is 5.91 Å². The van der Waals surface area contributed by atoms with Gasteiger partial charge in [-0.3, -0.25) is 14.6 Å². The molecule has 0 saturated carbocycles. The Morgan fingerprint density at radius 3 is 2.24 bits per heavy atom. The predicted molar refractivity (Wildman–Crippen MR) is 201 cm³/mol. The van der Waals surface area contributed by atoms with Crippen LogP contribution in [0.4, 0.5) is 0 Å². The zero-order valence-corrected chi connectivity index (χ0v) is 30.1. The molecule has 2 fully saturated rings. The van der Waals surface area contributed by atoms with Crippen molar-refractivity contribution in [2.24, 2.45) is 11.8 Å². The number of rotatable bonds is 13. The lowest BCUT2D eigenvalue weighted by Gasteiger charge is -2.32. The molecule has 0 spiro atoms. The van der Waals surface area contributed by atoms with Crippen LogP contribution in [0.15, 0.2) is 102 Å². The van der Waals surface area contributed by atoms with Crippen molar-refractivity contribution in [3.8, 4) is 11.1 Å². The molecule has 3 aromatic carbocycles. The quantitative estimate of drug-likeness (QED) is 0.151. The van der Waals surface area contributed by atoms with Gasteiger partial charge in [-0.15, -0.1) is 0 Å². The maximum absolute atomic E-state index is 13.7. The Morgan fingerprint density at radius 2 is 1.49 bits per heavy atom. The van der Waals surface area contributed by atoms with E-state index in [9.17, 15) is 9.59 Å². The molecule has 0 radical (unpaired) electrons. The maximum Gasteiger partial charge on any atom is 0.253 e. The Bertz CT molecular complexity index is 1660. The summed E-state index contributed by atoms with van der Waals surface area (Å²) in [6, 6.07) is 28.3. The molecule has 2 aliphatic rings. The Balaban J connectivity index is 1.08. The van der Waals surface area contributed by atoms with E-state index in [4.69, 9.17) is 0 Å². The molecule has 0 bridgehead atoms. The second-order valence-electron chi connectivity index (χ2n) is 13.8. The average Bonchev–Trinajstić information content (AvgIpc) is 3.15. The van der Waals surface area contributed by atoms with Crippen LogP contribution < -0.4 is 5.32 Å². The first-order valence-electron chi connectivity index (χ1n) is 18.1. The molecule has 0 aliphatic carbocycles. The number of amides is 2. The molecule has 0 unspecified atom stereocenters. The molecule has 3 heterocycles. The van der Waals surface area contributed by atoms with E-state index >= 15 is 0 Å². The van der Waals surface area contributed by atoms with Gasteiger partial charge < -0.3 is 15.1 Å². The molecule has 49 heavy (non-hydrogen) atoms. The molecule has 0 atom stereocenters. The summed E-state index contributed by atoms with van der Waals surface area (Å²) in [5.41, 5.74) is 6.01. The number of nitrogens with zero attached hydrogens (tertiary/aromatic N) is 3. The third-order valence-corrected chi connectivity index (χ3v) is 11.2. The molecule has 4 aromatic rings. The molecule has 6 rings (SSSR count). The highest BCUT2D eigenvalue weighted by molar-refractivity contribution is 9.10. The second-order valence-corrected chi connectivity index (χ2v) is 14.7. The van der Waals surface area contributed by atoms with Gasteiger partial charge in [0.2, 0.25) is 5.91 Å². The molecule has 2 aliphatic heterocycles. The van der Waals surface area contributed by atoms with Crippen molar-refractivity contribution in [2.45, 2.75) is 64.3 Å². The highest BCUT2D eigenvalue weighted by Crippen LogP contribution is 2.28. The monoisotopic (exact) mass is 720 g/mol. The highest BCUT2D eigenvalue weighted by Gasteiger charge is 2.24. The fraction of sp³-hybridized carbons (Fsp3) is 0.405. The molecule has 2 saturated heterocycles. The van der Waals surface area contributed by atoms with Crippen LogP contribution in [-0.2, 0) is 24.2 Å². The van der Waals surface area contributed by atoms with Gasteiger partial charge in [-0.2, -0.15) is 0 Å². The number of aromatic nitrogens is 1. The first kappa shape index (κ1) is 35.0. The predicted octanol–water partition coefficient (Wildman–Crippen LogP) is 8.35. The number of piperidine rings is 2. The smallest absolute Gasteiger partial charge is 0.253 e. The lowest BCUT2D eigenvalue weighted by Crippen LogP contribution is -2.38. The van der Waals surface area contributed by atoms with Crippen molar-refractivity contribution < 1.29 is 9.59 Å². The standard InChI is InChI=1S/C42H49BrN4O2/c43-40-13-2-1-9-38(40)30-41(48)47(27-20-34-16-23-45-24-17-34)31-35-8-4-10-36(28-35)37-11-5-12-39(29-37)42(49)46-25-18-33(19-26-46)7-3-6-32-14-21-44-22-15-32/h1-2,4-5,8-13,16-17,23-24,28-29,32-33,44H,3,6-7,14-15,18-22,25-27,30-31H2. The van der Waals surface area contributed by atoms with Crippen molar-refractivity contribution in [3.05, 3.63) is 124 Å². The Kier molecular flexibility index (Phi) is 12.7. The van der Waals surface area contributed by atoms with Crippen LogP contribution in [0.2, 0.25) is 0 Å². The number of halogens is 1. The zero-order chi connectivity index (χ0) is 33.8. The van der Waals surface area contributed by atoms with Crippen molar-refractivity contribution >= 4 is 27.7 Å². The van der Waals surface area contributed by atoms with Crippen LogP contribution >= 0.6 is 15.9 Å². The lowest BCUT2D eigenvalue weighted by atomic mass is 9.87. The number of pyridine rings is 1. The van der Waals surface area contributed by atoms with Gasteiger partial charge in [0.1, 0.15) is 0 Å². The van der Waals surface area contributed by atoms with E-state index < -0.39 is 0 Å². The second kappa shape index (κ2) is 17.7.